The molecule has 0 unspecified atom stereocenters. The Labute approximate surface area is 116 Å². The summed E-state index contributed by atoms with van der Waals surface area (Å²) in [7, 11) is 0. The van der Waals surface area contributed by atoms with Crippen LogP contribution < -0.4 is 4.74 Å². The molecule has 0 radical (unpaired) electrons. The van der Waals surface area contributed by atoms with E-state index >= 15 is 0 Å². The summed E-state index contributed by atoms with van der Waals surface area (Å²) in [5.41, 5.74) is 0. The zero-order valence-electron chi connectivity index (χ0n) is 8.52. The predicted octanol–water partition coefficient (Wildman–Crippen LogP) is 3.82. The number of carbonyl (C=O) groups excluding carboxylic acids is 1. The standard InChI is InChI=1S/C11H7BrClNO2S/c12-7-3-8(5-14-4-7)16-6-9(15)10-1-2-11(13)17-10/h1-5H,6H2. The van der Waals surface area contributed by atoms with Crippen LogP contribution in [0.2, 0.25) is 4.34 Å². The summed E-state index contributed by atoms with van der Waals surface area (Å²) >= 11 is 10.3. The zero-order valence-corrected chi connectivity index (χ0v) is 11.7. The molecule has 2 rings (SSSR count). The Morgan fingerprint density at radius 2 is 2.29 bits per heavy atom. The van der Waals surface area contributed by atoms with E-state index in [-0.39, 0.29) is 12.4 Å². The van der Waals surface area contributed by atoms with Crippen molar-refractivity contribution < 1.29 is 9.53 Å². The van der Waals surface area contributed by atoms with Crippen LogP contribution in [0, 0.1) is 0 Å². The van der Waals surface area contributed by atoms with Crippen molar-refractivity contribution in [3.05, 3.63) is 44.3 Å². The molecule has 6 heteroatoms. The first kappa shape index (κ1) is 12.5. The molecule has 0 fully saturated rings. The van der Waals surface area contributed by atoms with E-state index in [4.69, 9.17) is 16.3 Å². The summed E-state index contributed by atoms with van der Waals surface area (Å²) in [6, 6.07) is 5.14. The van der Waals surface area contributed by atoms with E-state index in [0.717, 1.165) is 4.47 Å². The number of Topliss-reactive ketones (excluding diaryl/α,β-unsaturated/α-hetero) is 1. The van der Waals surface area contributed by atoms with Crippen molar-refractivity contribution in [2.45, 2.75) is 0 Å². The molecule has 0 N–H and O–H groups in total. The molecule has 17 heavy (non-hydrogen) atoms. The maximum atomic E-state index is 11.7. The normalized spacial score (nSPS) is 10.2. The van der Waals surface area contributed by atoms with E-state index in [1.807, 2.05) is 0 Å². The topological polar surface area (TPSA) is 39.2 Å². The van der Waals surface area contributed by atoms with Crippen LogP contribution in [0.4, 0.5) is 0 Å². The SMILES string of the molecule is O=C(COc1cncc(Br)c1)c1ccc(Cl)s1. The molecular weight excluding hydrogens is 326 g/mol. The lowest BCUT2D eigenvalue weighted by Crippen LogP contribution is -2.10. The van der Waals surface area contributed by atoms with Gasteiger partial charge in [0.25, 0.3) is 0 Å². The fraction of sp³-hybridized carbons (Fsp3) is 0.0909. The van der Waals surface area contributed by atoms with Crippen molar-refractivity contribution in [2.75, 3.05) is 6.61 Å². The number of halogens is 2. The minimum atomic E-state index is -0.0955. The summed E-state index contributed by atoms with van der Waals surface area (Å²) in [5, 5.41) is 0. The Bertz CT molecular complexity index is 544. The van der Waals surface area contributed by atoms with Crippen molar-refractivity contribution in [3.8, 4) is 5.75 Å². The fourth-order valence-electron chi connectivity index (χ4n) is 1.16. The number of carbonyl (C=O) groups is 1. The predicted molar refractivity (Wildman–Crippen MR) is 71.1 cm³/mol. The van der Waals surface area contributed by atoms with Crippen LogP contribution >= 0.6 is 38.9 Å². The molecule has 2 heterocycles. The van der Waals surface area contributed by atoms with Crippen LogP contribution in [-0.2, 0) is 0 Å². The molecule has 3 nitrogen and oxygen atoms in total. The summed E-state index contributed by atoms with van der Waals surface area (Å²) in [4.78, 5) is 16.2. The first-order chi connectivity index (χ1) is 8.15. The number of ether oxygens (including phenoxy) is 1. The first-order valence-electron chi connectivity index (χ1n) is 4.67. The smallest absolute Gasteiger partial charge is 0.210 e. The van der Waals surface area contributed by atoms with Crippen LogP contribution in [0.1, 0.15) is 9.67 Å². The highest BCUT2D eigenvalue weighted by Gasteiger charge is 2.09. The van der Waals surface area contributed by atoms with Crippen LogP contribution in [0.3, 0.4) is 0 Å². The number of hydrogen-bond acceptors (Lipinski definition) is 4. The number of thiophene rings is 1. The van der Waals surface area contributed by atoms with Gasteiger partial charge in [-0.15, -0.1) is 11.3 Å². The van der Waals surface area contributed by atoms with Gasteiger partial charge in [-0.05, 0) is 34.1 Å². The van der Waals surface area contributed by atoms with Gasteiger partial charge in [0.1, 0.15) is 5.75 Å². The molecule has 0 amide bonds. The number of aromatic nitrogens is 1. The van der Waals surface area contributed by atoms with Crippen molar-refractivity contribution in [1.82, 2.24) is 4.98 Å². The molecule has 0 spiro atoms. The van der Waals surface area contributed by atoms with E-state index in [1.54, 1.807) is 30.6 Å². The van der Waals surface area contributed by atoms with Crippen molar-refractivity contribution in [1.29, 1.82) is 0 Å². The summed E-state index contributed by atoms with van der Waals surface area (Å²) in [5.74, 6) is 0.456. The van der Waals surface area contributed by atoms with Crippen LogP contribution in [0.25, 0.3) is 0 Å². The average molecular weight is 333 g/mol. The lowest BCUT2D eigenvalue weighted by molar-refractivity contribution is 0.0925. The molecule has 0 aromatic carbocycles. The monoisotopic (exact) mass is 331 g/mol. The van der Waals surface area contributed by atoms with E-state index < -0.39 is 0 Å². The molecule has 2 aromatic heterocycles. The molecular formula is C11H7BrClNO2S. The van der Waals surface area contributed by atoms with Crippen LogP contribution in [0.15, 0.2) is 35.1 Å². The molecule has 0 atom stereocenters. The average Bonchev–Trinajstić information content (AvgIpc) is 2.73. The highest BCUT2D eigenvalue weighted by atomic mass is 79.9. The third-order valence-corrected chi connectivity index (χ3v) is 3.60. The molecule has 88 valence electrons. The van der Waals surface area contributed by atoms with Gasteiger partial charge in [-0.25, -0.2) is 0 Å². The second-order valence-electron chi connectivity index (χ2n) is 3.15. The first-order valence-corrected chi connectivity index (χ1v) is 6.66. The largest absolute Gasteiger partial charge is 0.484 e. The lowest BCUT2D eigenvalue weighted by atomic mass is 10.3. The molecule has 0 saturated heterocycles. The maximum absolute atomic E-state index is 11.7. The van der Waals surface area contributed by atoms with Crippen molar-refractivity contribution in [3.63, 3.8) is 0 Å². The molecule has 0 aliphatic rings. The van der Waals surface area contributed by atoms with E-state index in [0.29, 0.717) is 15.0 Å². The van der Waals surface area contributed by atoms with Gasteiger partial charge in [0.2, 0.25) is 5.78 Å². The van der Waals surface area contributed by atoms with Gasteiger partial charge >= 0.3 is 0 Å². The summed E-state index contributed by atoms with van der Waals surface area (Å²) in [6.45, 7) is -0.0189. The minimum Gasteiger partial charge on any atom is -0.484 e. The number of pyridine rings is 1. The van der Waals surface area contributed by atoms with Gasteiger partial charge < -0.3 is 4.74 Å². The molecule has 0 saturated carbocycles. The van der Waals surface area contributed by atoms with E-state index in [1.165, 1.54) is 11.3 Å². The van der Waals surface area contributed by atoms with Crippen molar-refractivity contribution in [2.24, 2.45) is 0 Å². The molecule has 0 aliphatic carbocycles. The van der Waals surface area contributed by atoms with Gasteiger partial charge in [-0.3, -0.25) is 9.78 Å². The summed E-state index contributed by atoms with van der Waals surface area (Å²) in [6.07, 6.45) is 3.20. The number of nitrogens with zero attached hydrogens (tertiary/aromatic N) is 1. The van der Waals surface area contributed by atoms with Gasteiger partial charge in [-0.2, -0.15) is 0 Å². The van der Waals surface area contributed by atoms with Gasteiger partial charge in [-0.1, -0.05) is 11.6 Å². The Kier molecular flexibility index (Phi) is 4.15. The fourth-order valence-corrected chi connectivity index (χ4v) is 2.47. The van der Waals surface area contributed by atoms with Gasteiger partial charge in [0.05, 0.1) is 15.4 Å². The highest BCUT2D eigenvalue weighted by molar-refractivity contribution is 9.10. The second kappa shape index (κ2) is 5.62. The Balaban J connectivity index is 1.97. The third kappa shape index (κ3) is 3.52. The lowest BCUT2D eigenvalue weighted by Gasteiger charge is -2.03. The van der Waals surface area contributed by atoms with Crippen LogP contribution in [0.5, 0.6) is 5.75 Å². The maximum Gasteiger partial charge on any atom is 0.210 e. The Morgan fingerprint density at radius 3 is 2.94 bits per heavy atom. The van der Waals surface area contributed by atoms with E-state index in [2.05, 4.69) is 20.9 Å². The van der Waals surface area contributed by atoms with Gasteiger partial charge in [0.15, 0.2) is 6.61 Å². The second-order valence-corrected chi connectivity index (χ2v) is 5.79. The quantitative estimate of drug-likeness (QED) is 0.799. The number of hydrogen-bond donors (Lipinski definition) is 0. The highest BCUT2D eigenvalue weighted by Crippen LogP contribution is 2.22. The van der Waals surface area contributed by atoms with Crippen LogP contribution in [-0.4, -0.2) is 17.4 Å². The zero-order chi connectivity index (χ0) is 12.3. The minimum absolute atomic E-state index is 0.0189. The number of rotatable bonds is 4. The van der Waals surface area contributed by atoms with Gasteiger partial charge in [0, 0.05) is 10.7 Å². The molecule has 0 bridgehead atoms. The Hall–Kier alpha value is -0.910. The third-order valence-electron chi connectivity index (χ3n) is 1.90. The Morgan fingerprint density at radius 1 is 1.47 bits per heavy atom. The summed E-state index contributed by atoms with van der Waals surface area (Å²) < 4.78 is 6.74. The molecule has 0 aliphatic heterocycles. The van der Waals surface area contributed by atoms with E-state index in [9.17, 15) is 4.79 Å². The molecule has 2 aromatic rings. The number of ketones is 1. The van der Waals surface area contributed by atoms with Crippen molar-refractivity contribution >= 4 is 44.7 Å².